The van der Waals surface area contributed by atoms with Gasteiger partial charge in [-0.05, 0) is 45.1 Å². The van der Waals surface area contributed by atoms with Crippen LogP contribution in [0.2, 0.25) is 0 Å². The molecule has 3 unspecified atom stereocenters. The average molecular weight is 225 g/mol. The molecule has 0 amide bonds. The van der Waals surface area contributed by atoms with Gasteiger partial charge in [-0.1, -0.05) is 25.7 Å². The Balaban J connectivity index is 1.58. The predicted octanol–water partition coefficient (Wildman–Crippen LogP) is 3.11. The van der Waals surface area contributed by atoms with Gasteiger partial charge in [-0.2, -0.15) is 0 Å². The van der Waals surface area contributed by atoms with Crippen molar-refractivity contribution in [2.45, 2.75) is 69.9 Å². The minimum absolute atomic E-state index is 0.601. The van der Waals surface area contributed by atoms with Gasteiger partial charge in [0.15, 0.2) is 0 Å². The van der Waals surface area contributed by atoms with E-state index >= 15 is 0 Å². The summed E-state index contributed by atoms with van der Waals surface area (Å²) < 4.78 is 5.67. The van der Waals surface area contributed by atoms with Gasteiger partial charge < -0.3 is 10.1 Å². The molecule has 1 heterocycles. The van der Waals surface area contributed by atoms with E-state index < -0.39 is 0 Å². The van der Waals surface area contributed by atoms with Crippen molar-refractivity contribution in [1.29, 1.82) is 0 Å². The van der Waals surface area contributed by atoms with Crippen LogP contribution in [0.1, 0.15) is 57.8 Å². The highest BCUT2D eigenvalue weighted by atomic mass is 16.5. The summed E-state index contributed by atoms with van der Waals surface area (Å²) in [5, 5.41) is 3.44. The van der Waals surface area contributed by atoms with Crippen molar-refractivity contribution in [3.63, 3.8) is 0 Å². The Bertz CT molecular complexity index is 189. The second kappa shape index (κ2) is 6.61. The molecule has 1 aliphatic heterocycles. The Morgan fingerprint density at radius 2 is 2.06 bits per heavy atom. The van der Waals surface area contributed by atoms with Crippen LogP contribution in [0.5, 0.6) is 0 Å². The Morgan fingerprint density at radius 1 is 1.12 bits per heavy atom. The standard InChI is InChI=1S/C14H27NO/c1-15-13-7-2-5-12(11-13)6-3-8-14-9-4-10-16-14/h12-15H,2-11H2,1H3. The average Bonchev–Trinajstić information content (AvgIpc) is 2.82. The SMILES string of the molecule is CNC1CCCC(CCCC2CCCO2)C1. The Kier molecular flexibility index (Phi) is 5.11. The van der Waals surface area contributed by atoms with Gasteiger partial charge in [0.1, 0.15) is 0 Å². The molecule has 2 fully saturated rings. The second-order valence-corrected chi connectivity index (χ2v) is 5.58. The molecule has 0 aromatic carbocycles. The van der Waals surface area contributed by atoms with Crippen LogP contribution in [0.4, 0.5) is 0 Å². The highest BCUT2D eigenvalue weighted by molar-refractivity contribution is 4.77. The molecule has 0 radical (unpaired) electrons. The maximum atomic E-state index is 5.67. The van der Waals surface area contributed by atoms with Crippen molar-refractivity contribution in [3.05, 3.63) is 0 Å². The van der Waals surface area contributed by atoms with E-state index in [0.29, 0.717) is 6.10 Å². The molecular formula is C14H27NO. The normalized spacial score (nSPS) is 35.4. The van der Waals surface area contributed by atoms with Gasteiger partial charge in [-0.3, -0.25) is 0 Å². The van der Waals surface area contributed by atoms with E-state index in [1.54, 1.807) is 0 Å². The van der Waals surface area contributed by atoms with Crippen LogP contribution in [0, 0.1) is 5.92 Å². The third-order valence-electron chi connectivity index (χ3n) is 4.35. The summed E-state index contributed by atoms with van der Waals surface area (Å²) in [5.41, 5.74) is 0. The molecule has 1 aliphatic carbocycles. The van der Waals surface area contributed by atoms with E-state index in [2.05, 4.69) is 12.4 Å². The van der Waals surface area contributed by atoms with Crippen LogP contribution in [-0.2, 0) is 4.74 Å². The summed E-state index contributed by atoms with van der Waals surface area (Å²) in [6.45, 7) is 1.01. The van der Waals surface area contributed by atoms with Gasteiger partial charge in [-0.15, -0.1) is 0 Å². The largest absolute Gasteiger partial charge is 0.378 e. The van der Waals surface area contributed by atoms with Crippen LogP contribution >= 0.6 is 0 Å². The van der Waals surface area contributed by atoms with Gasteiger partial charge in [0.05, 0.1) is 6.10 Å². The zero-order valence-electron chi connectivity index (χ0n) is 10.7. The maximum absolute atomic E-state index is 5.67. The maximum Gasteiger partial charge on any atom is 0.0576 e. The van der Waals surface area contributed by atoms with Crippen LogP contribution in [0.15, 0.2) is 0 Å². The van der Waals surface area contributed by atoms with Crippen molar-refractivity contribution in [1.82, 2.24) is 5.32 Å². The van der Waals surface area contributed by atoms with Gasteiger partial charge >= 0.3 is 0 Å². The summed E-state index contributed by atoms with van der Waals surface area (Å²) >= 11 is 0. The topological polar surface area (TPSA) is 21.3 Å². The first-order chi connectivity index (χ1) is 7.88. The summed E-state index contributed by atoms with van der Waals surface area (Å²) in [7, 11) is 2.11. The van der Waals surface area contributed by atoms with Gasteiger partial charge in [0.25, 0.3) is 0 Å². The van der Waals surface area contributed by atoms with Crippen molar-refractivity contribution in [2.75, 3.05) is 13.7 Å². The molecule has 0 spiro atoms. The highest BCUT2D eigenvalue weighted by Crippen LogP contribution is 2.29. The van der Waals surface area contributed by atoms with Gasteiger partial charge in [0, 0.05) is 12.6 Å². The van der Waals surface area contributed by atoms with Crippen LogP contribution in [0.25, 0.3) is 0 Å². The second-order valence-electron chi connectivity index (χ2n) is 5.58. The van der Waals surface area contributed by atoms with E-state index in [4.69, 9.17) is 4.74 Å². The number of ether oxygens (including phenoxy) is 1. The smallest absolute Gasteiger partial charge is 0.0576 e. The number of hydrogen-bond donors (Lipinski definition) is 1. The quantitative estimate of drug-likeness (QED) is 0.776. The molecule has 0 aromatic rings. The monoisotopic (exact) mass is 225 g/mol. The first kappa shape index (κ1) is 12.4. The van der Waals surface area contributed by atoms with Crippen LogP contribution in [-0.4, -0.2) is 25.8 Å². The van der Waals surface area contributed by atoms with Gasteiger partial charge in [0.2, 0.25) is 0 Å². The third kappa shape index (κ3) is 3.74. The molecule has 1 saturated heterocycles. The van der Waals surface area contributed by atoms with Crippen molar-refractivity contribution >= 4 is 0 Å². The molecule has 0 aromatic heterocycles. The van der Waals surface area contributed by atoms with Gasteiger partial charge in [-0.25, -0.2) is 0 Å². The fraction of sp³-hybridized carbons (Fsp3) is 1.00. The molecule has 1 saturated carbocycles. The Morgan fingerprint density at radius 3 is 2.81 bits per heavy atom. The summed E-state index contributed by atoms with van der Waals surface area (Å²) in [5.74, 6) is 0.979. The number of nitrogens with one attached hydrogen (secondary N) is 1. The summed E-state index contributed by atoms with van der Waals surface area (Å²) in [6, 6.07) is 0.793. The minimum Gasteiger partial charge on any atom is -0.378 e. The first-order valence-corrected chi connectivity index (χ1v) is 7.17. The zero-order valence-corrected chi connectivity index (χ0v) is 10.7. The van der Waals surface area contributed by atoms with E-state index in [-0.39, 0.29) is 0 Å². The molecule has 1 N–H and O–H groups in total. The molecule has 2 aliphatic rings. The fourth-order valence-corrected chi connectivity index (χ4v) is 3.32. The Hall–Kier alpha value is -0.0800. The lowest BCUT2D eigenvalue weighted by molar-refractivity contribution is 0.0996. The molecule has 0 bridgehead atoms. The van der Waals surface area contributed by atoms with E-state index in [1.807, 2.05) is 0 Å². The molecule has 2 rings (SSSR count). The molecule has 3 atom stereocenters. The van der Waals surface area contributed by atoms with Crippen molar-refractivity contribution in [2.24, 2.45) is 5.92 Å². The molecular weight excluding hydrogens is 198 g/mol. The van der Waals surface area contributed by atoms with Crippen molar-refractivity contribution < 1.29 is 4.74 Å². The molecule has 16 heavy (non-hydrogen) atoms. The van der Waals surface area contributed by atoms with E-state index in [0.717, 1.165) is 18.6 Å². The molecule has 2 nitrogen and oxygen atoms in total. The van der Waals surface area contributed by atoms with Crippen LogP contribution < -0.4 is 5.32 Å². The lowest BCUT2D eigenvalue weighted by Crippen LogP contribution is -2.31. The summed E-state index contributed by atoms with van der Waals surface area (Å²) in [4.78, 5) is 0. The fourth-order valence-electron chi connectivity index (χ4n) is 3.32. The zero-order chi connectivity index (χ0) is 11.2. The minimum atomic E-state index is 0.601. The van der Waals surface area contributed by atoms with Crippen LogP contribution in [0.3, 0.4) is 0 Å². The highest BCUT2D eigenvalue weighted by Gasteiger charge is 2.21. The third-order valence-corrected chi connectivity index (χ3v) is 4.35. The first-order valence-electron chi connectivity index (χ1n) is 7.17. The van der Waals surface area contributed by atoms with Crippen molar-refractivity contribution in [3.8, 4) is 0 Å². The number of hydrogen-bond acceptors (Lipinski definition) is 2. The Labute approximate surface area is 100 Å². The number of rotatable bonds is 5. The summed E-state index contributed by atoms with van der Waals surface area (Å²) in [6.07, 6.45) is 13.0. The van der Waals surface area contributed by atoms with E-state index in [9.17, 15) is 0 Å². The lowest BCUT2D eigenvalue weighted by atomic mass is 9.82. The predicted molar refractivity (Wildman–Crippen MR) is 67.6 cm³/mol. The van der Waals surface area contributed by atoms with E-state index in [1.165, 1.54) is 57.8 Å². The lowest BCUT2D eigenvalue weighted by Gasteiger charge is -2.29. The molecule has 2 heteroatoms. The molecule has 94 valence electrons.